The molecule has 0 spiro atoms. The molecule has 98 heavy (non-hydrogen) atoms. The number of esters is 4. The van der Waals surface area contributed by atoms with E-state index in [0.717, 1.165) is 154 Å². The zero-order valence-corrected chi connectivity index (χ0v) is 63.7. The van der Waals surface area contributed by atoms with Crippen molar-refractivity contribution in [3.63, 3.8) is 0 Å². The van der Waals surface area contributed by atoms with Gasteiger partial charge in [-0.25, -0.2) is 9.13 Å². The van der Waals surface area contributed by atoms with Crippen LogP contribution in [0, 0.1) is 0 Å². The van der Waals surface area contributed by atoms with E-state index in [1.807, 2.05) is 0 Å². The SMILES string of the molecule is CC/C=C\C/C=C\C/C=C\C/C=C\CCCCC(=O)OCC(COP(=O)(O)OCC(O)COP(=O)(O)OCC(COC(=O)CCCCCCC/C=C\CCCCCCCC)OC(=O)CCCCCCC/C=C\CCCCCC)OC(=O)CCCCCCC/C=C\CCCCCCCC. The van der Waals surface area contributed by atoms with E-state index in [1.54, 1.807) is 0 Å². The molecule has 0 rings (SSSR count). The topological polar surface area (TPSA) is 237 Å². The third-order valence-corrected chi connectivity index (χ3v) is 18.2. The Morgan fingerprint density at radius 2 is 0.531 bits per heavy atom. The Morgan fingerprint density at radius 1 is 0.296 bits per heavy atom. The minimum atomic E-state index is -4.98. The van der Waals surface area contributed by atoms with Crippen LogP contribution in [0.15, 0.2) is 85.1 Å². The summed E-state index contributed by atoms with van der Waals surface area (Å²) in [7, 11) is -9.96. The summed E-state index contributed by atoms with van der Waals surface area (Å²) in [6.45, 7) is 4.69. The molecule has 0 bridgehead atoms. The van der Waals surface area contributed by atoms with Crippen molar-refractivity contribution >= 4 is 39.5 Å². The van der Waals surface area contributed by atoms with Crippen molar-refractivity contribution in [3.8, 4) is 0 Å². The van der Waals surface area contributed by atoms with Crippen LogP contribution >= 0.6 is 15.6 Å². The number of carbonyl (C=O) groups is 4. The van der Waals surface area contributed by atoms with Gasteiger partial charge in [0.1, 0.15) is 19.3 Å². The maximum absolute atomic E-state index is 13.1. The summed E-state index contributed by atoms with van der Waals surface area (Å²) in [5.41, 5.74) is 0. The molecule has 0 amide bonds. The second kappa shape index (κ2) is 71.6. The van der Waals surface area contributed by atoms with E-state index in [2.05, 4.69) is 113 Å². The van der Waals surface area contributed by atoms with Gasteiger partial charge in [-0.05, 0) is 141 Å². The molecule has 0 aromatic carbocycles. The molecule has 5 unspecified atom stereocenters. The monoisotopic (exact) mass is 1420 g/mol. The molecule has 17 nitrogen and oxygen atoms in total. The predicted octanol–water partition coefficient (Wildman–Crippen LogP) is 22.2. The minimum Gasteiger partial charge on any atom is -0.462 e. The van der Waals surface area contributed by atoms with Crippen molar-refractivity contribution in [2.75, 3.05) is 39.6 Å². The number of phosphoric ester groups is 2. The Bertz CT molecular complexity index is 2190. The predicted molar refractivity (Wildman–Crippen MR) is 399 cm³/mol. The van der Waals surface area contributed by atoms with Gasteiger partial charge in [0, 0.05) is 25.7 Å². The van der Waals surface area contributed by atoms with Gasteiger partial charge in [0.15, 0.2) is 12.2 Å². The van der Waals surface area contributed by atoms with E-state index in [4.69, 9.17) is 37.0 Å². The molecule has 0 aliphatic heterocycles. The standard InChI is InChI=1S/C79H140O17P2/c1-5-9-13-17-21-25-29-33-36-40-43-47-51-55-59-63-76(81)89-69-74(95-78(83)65-61-57-53-49-45-39-32-28-24-20-16-12-8-4)71-93-97(85,86)91-67-73(80)68-92-98(87,88)94-72-75(96-79(84)66-62-58-54-50-46-42-38-35-31-27-23-19-15-11-7-3)70-90-77(82)64-60-56-52-48-44-41-37-34-30-26-22-18-14-10-6-2/h10,14,22,26,28,32-38,44,48,73-75,80H,5-9,11-13,15-21,23-25,27,29-31,39-43,45-47,49-72H2,1-4H3,(H,85,86)(H,87,88)/b14-10-,26-22-,32-28-,36-33-,37-34-,38-35-,48-44-. The fourth-order valence-corrected chi connectivity index (χ4v) is 12.0. The van der Waals surface area contributed by atoms with Gasteiger partial charge >= 0.3 is 39.5 Å². The van der Waals surface area contributed by atoms with Crippen LogP contribution in [0.3, 0.4) is 0 Å². The molecular weight excluding hydrogens is 1280 g/mol. The Labute approximate surface area is 595 Å². The Morgan fingerprint density at radius 3 is 0.857 bits per heavy atom. The molecule has 0 aromatic rings. The fraction of sp³-hybridized carbons (Fsp3) is 0.772. The smallest absolute Gasteiger partial charge is 0.462 e. The molecule has 0 radical (unpaired) electrons. The van der Waals surface area contributed by atoms with Crippen molar-refractivity contribution < 1.29 is 80.2 Å². The molecule has 0 saturated heterocycles. The van der Waals surface area contributed by atoms with Crippen LogP contribution in [0.4, 0.5) is 0 Å². The Balaban J connectivity index is 5.38. The third-order valence-electron chi connectivity index (χ3n) is 16.3. The summed E-state index contributed by atoms with van der Waals surface area (Å²) in [4.78, 5) is 72.8. The number of hydrogen-bond acceptors (Lipinski definition) is 15. The van der Waals surface area contributed by atoms with Crippen LogP contribution in [-0.4, -0.2) is 96.7 Å². The first kappa shape index (κ1) is 94.2. The number of aliphatic hydroxyl groups is 1. The molecule has 0 fully saturated rings. The highest BCUT2D eigenvalue weighted by Gasteiger charge is 2.30. The summed E-state index contributed by atoms with van der Waals surface area (Å²) in [5, 5.41) is 10.6. The number of allylic oxidation sites excluding steroid dienone is 14. The summed E-state index contributed by atoms with van der Waals surface area (Å²) < 4.78 is 68.4. The lowest BCUT2D eigenvalue weighted by Crippen LogP contribution is -2.30. The van der Waals surface area contributed by atoms with E-state index in [-0.39, 0.29) is 25.7 Å². The first-order chi connectivity index (χ1) is 47.7. The number of phosphoric acid groups is 2. The van der Waals surface area contributed by atoms with E-state index in [1.165, 1.54) is 103 Å². The van der Waals surface area contributed by atoms with Crippen LogP contribution in [0.25, 0.3) is 0 Å². The molecule has 0 aromatic heterocycles. The number of rotatable bonds is 73. The van der Waals surface area contributed by atoms with E-state index >= 15 is 0 Å². The van der Waals surface area contributed by atoms with Crippen molar-refractivity contribution in [3.05, 3.63) is 85.1 Å². The first-order valence-electron chi connectivity index (χ1n) is 38.8. The van der Waals surface area contributed by atoms with Crippen molar-refractivity contribution in [1.82, 2.24) is 0 Å². The number of ether oxygens (including phenoxy) is 4. The maximum atomic E-state index is 13.1. The van der Waals surface area contributed by atoms with Crippen molar-refractivity contribution in [1.29, 1.82) is 0 Å². The van der Waals surface area contributed by atoms with Gasteiger partial charge < -0.3 is 33.8 Å². The number of hydrogen-bond donors (Lipinski definition) is 3. The maximum Gasteiger partial charge on any atom is 0.472 e. The minimum absolute atomic E-state index is 0.0768. The summed E-state index contributed by atoms with van der Waals surface area (Å²) in [5.74, 6) is -2.23. The molecule has 0 aliphatic rings. The zero-order chi connectivity index (χ0) is 71.8. The molecule has 0 saturated carbocycles. The number of unbranched alkanes of at least 4 members (excludes halogenated alkanes) is 33. The van der Waals surface area contributed by atoms with Crippen molar-refractivity contribution in [2.45, 2.75) is 354 Å². The van der Waals surface area contributed by atoms with Crippen LogP contribution in [0.1, 0.15) is 336 Å². The molecule has 3 N–H and O–H groups in total. The lowest BCUT2D eigenvalue weighted by Gasteiger charge is -2.21. The lowest BCUT2D eigenvalue weighted by atomic mass is 10.1. The summed E-state index contributed by atoms with van der Waals surface area (Å²) in [6, 6.07) is 0. The Kier molecular flexibility index (Phi) is 68.9. The quantitative estimate of drug-likeness (QED) is 0.0169. The van der Waals surface area contributed by atoms with Gasteiger partial charge in [-0.15, -0.1) is 0 Å². The molecule has 568 valence electrons. The van der Waals surface area contributed by atoms with Gasteiger partial charge in [0.2, 0.25) is 0 Å². The third kappa shape index (κ3) is 70.7. The summed E-state index contributed by atoms with van der Waals surface area (Å²) >= 11 is 0. The highest BCUT2D eigenvalue weighted by atomic mass is 31.2. The second-order valence-electron chi connectivity index (χ2n) is 25.9. The van der Waals surface area contributed by atoms with E-state index in [9.17, 15) is 43.2 Å². The van der Waals surface area contributed by atoms with Crippen LogP contribution < -0.4 is 0 Å². The van der Waals surface area contributed by atoms with Gasteiger partial charge in [-0.1, -0.05) is 254 Å². The van der Waals surface area contributed by atoms with E-state index < -0.39 is 97.5 Å². The molecular formula is C79H140O17P2. The molecule has 5 atom stereocenters. The normalized spacial score (nSPS) is 14.4. The van der Waals surface area contributed by atoms with Gasteiger partial charge in [-0.2, -0.15) is 0 Å². The second-order valence-corrected chi connectivity index (χ2v) is 28.8. The van der Waals surface area contributed by atoms with Gasteiger partial charge in [0.05, 0.1) is 26.4 Å². The van der Waals surface area contributed by atoms with Crippen molar-refractivity contribution in [2.24, 2.45) is 0 Å². The van der Waals surface area contributed by atoms with E-state index in [0.29, 0.717) is 25.7 Å². The number of carbonyl (C=O) groups excluding carboxylic acids is 4. The zero-order valence-electron chi connectivity index (χ0n) is 62.0. The average molecular weight is 1420 g/mol. The highest BCUT2D eigenvalue weighted by Crippen LogP contribution is 2.45. The summed E-state index contributed by atoms with van der Waals surface area (Å²) in [6.07, 6.45) is 72.9. The van der Waals surface area contributed by atoms with Crippen LogP contribution in [0.2, 0.25) is 0 Å². The highest BCUT2D eigenvalue weighted by molar-refractivity contribution is 7.47. The molecule has 0 heterocycles. The average Bonchev–Trinajstić information content (AvgIpc) is 1.04. The number of aliphatic hydroxyl groups excluding tert-OH is 1. The van der Waals surface area contributed by atoms with Crippen LogP contribution in [0.5, 0.6) is 0 Å². The van der Waals surface area contributed by atoms with Gasteiger partial charge in [-0.3, -0.25) is 37.3 Å². The first-order valence-corrected chi connectivity index (χ1v) is 41.8. The lowest BCUT2D eigenvalue weighted by molar-refractivity contribution is -0.161. The molecule has 0 aliphatic carbocycles. The molecule has 19 heteroatoms. The fourth-order valence-electron chi connectivity index (χ4n) is 10.4. The van der Waals surface area contributed by atoms with Gasteiger partial charge in [0.25, 0.3) is 0 Å². The van der Waals surface area contributed by atoms with Crippen LogP contribution in [-0.2, 0) is 65.4 Å². The Hall–Kier alpha value is -3.76. The largest absolute Gasteiger partial charge is 0.472 e.